The fourth-order valence-corrected chi connectivity index (χ4v) is 6.97. The summed E-state index contributed by atoms with van der Waals surface area (Å²) in [5, 5.41) is 5.90. The predicted octanol–water partition coefficient (Wildman–Crippen LogP) is 9.94. The molecule has 9 aromatic rings. The number of para-hydroxylation sites is 2. The molecule has 4 heterocycles. The minimum atomic E-state index is 0.911. The van der Waals surface area contributed by atoms with Gasteiger partial charge in [-0.1, -0.05) is 60.7 Å². The highest BCUT2D eigenvalue weighted by molar-refractivity contribution is 6.15. The van der Waals surface area contributed by atoms with Crippen LogP contribution >= 0.6 is 0 Å². The third kappa shape index (κ3) is 2.85. The first kappa shape index (κ1) is 22.0. The molecule has 0 atom stereocenters. The maximum absolute atomic E-state index is 6.08. The van der Waals surface area contributed by atoms with E-state index in [1.807, 2.05) is 24.5 Å². The molecule has 1 aliphatic carbocycles. The molecule has 0 saturated carbocycles. The van der Waals surface area contributed by atoms with E-state index in [0.717, 1.165) is 44.3 Å². The lowest BCUT2D eigenvalue weighted by atomic mass is 10.0. The van der Waals surface area contributed by atoms with Crippen LogP contribution in [0.15, 0.2) is 132 Å². The largest absolute Gasteiger partial charge is 0.456 e. The average molecular weight is 536 g/mol. The van der Waals surface area contributed by atoms with Crippen molar-refractivity contribution in [3.63, 3.8) is 0 Å². The molecule has 0 amide bonds. The molecule has 4 aromatic heterocycles. The molecule has 10 rings (SSSR count). The molecule has 194 valence electrons. The Bertz CT molecular complexity index is 2590. The maximum atomic E-state index is 6.08. The molecule has 4 nitrogen and oxygen atoms in total. The van der Waals surface area contributed by atoms with Crippen LogP contribution in [-0.2, 0) is 0 Å². The number of aromatic nitrogens is 3. The first-order valence-corrected chi connectivity index (χ1v) is 14.2. The van der Waals surface area contributed by atoms with Gasteiger partial charge in [0.1, 0.15) is 17.0 Å². The fourth-order valence-electron chi connectivity index (χ4n) is 6.97. The van der Waals surface area contributed by atoms with E-state index in [0.29, 0.717) is 0 Å². The van der Waals surface area contributed by atoms with Crippen molar-refractivity contribution in [1.82, 2.24) is 14.5 Å². The van der Waals surface area contributed by atoms with Crippen LogP contribution in [0, 0.1) is 0 Å². The van der Waals surface area contributed by atoms with Gasteiger partial charge in [-0.15, -0.1) is 0 Å². The van der Waals surface area contributed by atoms with Crippen LogP contribution in [0.1, 0.15) is 0 Å². The summed E-state index contributed by atoms with van der Waals surface area (Å²) in [6, 6.07) is 40.9. The molecule has 4 heteroatoms. The number of hydrogen-bond acceptors (Lipinski definition) is 3. The Morgan fingerprint density at radius 1 is 0.524 bits per heavy atom. The molecule has 5 aromatic carbocycles. The van der Waals surface area contributed by atoms with Gasteiger partial charge in [0.25, 0.3) is 0 Å². The molecule has 0 radical (unpaired) electrons. The number of rotatable bonds is 2. The van der Waals surface area contributed by atoms with Gasteiger partial charge in [-0.2, -0.15) is 0 Å². The van der Waals surface area contributed by atoms with Gasteiger partial charge in [-0.3, -0.25) is 9.55 Å². The molecule has 0 aliphatic heterocycles. The molecule has 0 N–H and O–H groups in total. The minimum Gasteiger partial charge on any atom is -0.456 e. The highest BCUT2D eigenvalue weighted by atomic mass is 16.3. The first-order chi connectivity index (χ1) is 20.8. The van der Waals surface area contributed by atoms with Crippen LogP contribution in [0.25, 0.3) is 93.8 Å². The zero-order valence-electron chi connectivity index (χ0n) is 22.4. The predicted molar refractivity (Wildman–Crippen MR) is 171 cm³/mol. The number of pyridine rings is 2. The van der Waals surface area contributed by atoms with Crippen LogP contribution < -0.4 is 0 Å². The Morgan fingerprint density at radius 3 is 2.26 bits per heavy atom. The monoisotopic (exact) mass is 535 g/mol. The van der Waals surface area contributed by atoms with E-state index in [4.69, 9.17) is 9.40 Å². The molecule has 0 unspecified atom stereocenters. The van der Waals surface area contributed by atoms with E-state index in [9.17, 15) is 0 Å². The van der Waals surface area contributed by atoms with Crippen LogP contribution in [0.5, 0.6) is 0 Å². The molecule has 0 spiro atoms. The number of fused-ring (bicyclic) bond motifs is 9. The van der Waals surface area contributed by atoms with Crippen LogP contribution in [-0.4, -0.2) is 14.5 Å². The van der Waals surface area contributed by atoms with Gasteiger partial charge in [-0.05, 0) is 82.4 Å². The van der Waals surface area contributed by atoms with E-state index >= 15 is 0 Å². The Morgan fingerprint density at radius 2 is 1.31 bits per heavy atom. The molecular weight excluding hydrogens is 514 g/mol. The van der Waals surface area contributed by atoms with Gasteiger partial charge in [0.05, 0.1) is 16.6 Å². The molecule has 1 aliphatic rings. The smallest absolute Gasteiger partial charge is 0.138 e. The molecule has 0 bridgehead atoms. The van der Waals surface area contributed by atoms with Crippen LogP contribution in [0.3, 0.4) is 0 Å². The number of nitrogens with zero attached hydrogens (tertiary/aromatic N) is 3. The van der Waals surface area contributed by atoms with E-state index in [2.05, 4.69) is 113 Å². The lowest BCUT2D eigenvalue weighted by Crippen LogP contribution is -1.98. The van der Waals surface area contributed by atoms with E-state index < -0.39 is 0 Å². The van der Waals surface area contributed by atoms with E-state index in [-0.39, 0.29) is 0 Å². The summed E-state index contributed by atoms with van der Waals surface area (Å²) in [5.41, 5.74) is 12.3. The standard InChI is InChI=1S/C38H21N3O/c1-3-10-33-25(6-1)28-18-22(23-13-15-36-29(19-23)26-7-2-4-11-35(26)42-36)12-14-34(28)41(33)37-20-30-24-16-17-39-21-31(24)27-8-5-9-32(40-37)38(27)30/h1-21H. The minimum absolute atomic E-state index is 0.911. The number of furan rings is 1. The average Bonchev–Trinajstić information content (AvgIpc) is 3.69. The summed E-state index contributed by atoms with van der Waals surface area (Å²) >= 11 is 0. The quantitative estimate of drug-likeness (QED) is 0.221. The highest BCUT2D eigenvalue weighted by Crippen LogP contribution is 2.47. The summed E-state index contributed by atoms with van der Waals surface area (Å²) in [4.78, 5) is 9.64. The normalized spacial score (nSPS) is 12.3. The second-order valence-electron chi connectivity index (χ2n) is 11.0. The van der Waals surface area contributed by atoms with Crippen molar-refractivity contribution in [2.24, 2.45) is 0 Å². The second-order valence-corrected chi connectivity index (χ2v) is 11.0. The van der Waals surface area contributed by atoms with Gasteiger partial charge in [0, 0.05) is 44.9 Å². The van der Waals surface area contributed by atoms with Crippen molar-refractivity contribution >= 4 is 54.6 Å². The molecule has 42 heavy (non-hydrogen) atoms. The SMILES string of the molecule is c1cc2c3c(cc(-n4c5ccccc5c5cc(-c6ccc7oc8ccccc8c7c6)ccc54)nc3c1)-c1ccncc1-2. The summed E-state index contributed by atoms with van der Waals surface area (Å²) < 4.78 is 8.39. The van der Waals surface area contributed by atoms with Crippen molar-refractivity contribution in [2.45, 2.75) is 0 Å². The number of hydrogen-bond donors (Lipinski definition) is 0. The first-order valence-electron chi connectivity index (χ1n) is 14.2. The molecular formula is C38H21N3O. The zero-order valence-corrected chi connectivity index (χ0v) is 22.4. The third-order valence-electron chi connectivity index (χ3n) is 8.83. The van der Waals surface area contributed by atoms with Crippen molar-refractivity contribution < 1.29 is 4.42 Å². The van der Waals surface area contributed by atoms with Gasteiger partial charge >= 0.3 is 0 Å². The van der Waals surface area contributed by atoms with Gasteiger partial charge in [-0.25, -0.2) is 4.98 Å². The lowest BCUT2D eigenvalue weighted by molar-refractivity contribution is 0.669. The lowest BCUT2D eigenvalue weighted by Gasteiger charge is -2.11. The topological polar surface area (TPSA) is 43.9 Å². The highest BCUT2D eigenvalue weighted by Gasteiger charge is 2.24. The van der Waals surface area contributed by atoms with Gasteiger partial charge in [0.2, 0.25) is 0 Å². The number of benzene rings is 5. The Labute approximate surface area is 240 Å². The summed E-state index contributed by atoms with van der Waals surface area (Å²) in [6.45, 7) is 0. The van der Waals surface area contributed by atoms with Gasteiger partial charge in [0.15, 0.2) is 0 Å². The fraction of sp³-hybridized carbons (Fsp3) is 0. The van der Waals surface area contributed by atoms with E-state index in [1.165, 1.54) is 49.5 Å². The van der Waals surface area contributed by atoms with Crippen molar-refractivity contribution in [2.75, 3.05) is 0 Å². The third-order valence-corrected chi connectivity index (χ3v) is 8.83. The zero-order chi connectivity index (χ0) is 27.4. The second kappa shape index (κ2) is 7.93. The van der Waals surface area contributed by atoms with Crippen molar-refractivity contribution in [3.05, 3.63) is 128 Å². The van der Waals surface area contributed by atoms with Crippen molar-refractivity contribution in [3.8, 4) is 39.2 Å². The maximum Gasteiger partial charge on any atom is 0.138 e. The molecule has 0 saturated heterocycles. The Kier molecular flexibility index (Phi) is 4.15. The van der Waals surface area contributed by atoms with Crippen LogP contribution in [0.2, 0.25) is 0 Å². The summed E-state index contributed by atoms with van der Waals surface area (Å²) in [5.74, 6) is 0.921. The Balaban J connectivity index is 1.22. The van der Waals surface area contributed by atoms with Crippen LogP contribution in [0.4, 0.5) is 0 Å². The van der Waals surface area contributed by atoms with Gasteiger partial charge < -0.3 is 4.42 Å². The van der Waals surface area contributed by atoms with Crippen molar-refractivity contribution in [1.29, 1.82) is 0 Å². The summed E-state index contributed by atoms with van der Waals surface area (Å²) in [6.07, 6.45) is 3.85. The summed E-state index contributed by atoms with van der Waals surface area (Å²) in [7, 11) is 0. The molecule has 0 fully saturated rings. The van der Waals surface area contributed by atoms with E-state index in [1.54, 1.807) is 0 Å². The Hall–Kier alpha value is -5.74.